The first kappa shape index (κ1) is 20.4. The third-order valence-corrected chi connectivity index (χ3v) is 8.64. The van der Waals surface area contributed by atoms with Crippen molar-refractivity contribution in [2.24, 2.45) is 5.92 Å². The van der Waals surface area contributed by atoms with Crippen LogP contribution in [0.25, 0.3) is 0 Å². The second kappa shape index (κ2) is 7.71. The van der Waals surface area contributed by atoms with E-state index in [-0.39, 0.29) is 11.0 Å². The number of carbonyl (C=O) groups is 1. The molecular weight excluding hydrogens is 398 g/mol. The summed E-state index contributed by atoms with van der Waals surface area (Å²) in [6, 6.07) is 17.3. The number of fused-ring (bicyclic) bond motifs is 1. The molecule has 4 heteroatoms. The maximum Gasteiger partial charge on any atom is 0.134 e. The number of hydrogen-bond acceptors (Lipinski definition) is 4. The molecule has 0 amide bonds. The molecule has 1 aliphatic heterocycles. The number of carbonyl (C=O) groups excluding carboxylic acids is 1. The summed E-state index contributed by atoms with van der Waals surface area (Å²) in [6.45, 7) is 2.81. The van der Waals surface area contributed by atoms with Crippen molar-refractivity contribution in [3.05, 3.63) is 65.2 Å². The van der Waals surface area contributed by atoms with Gasteiger partial charge < -0.3 is 9.47 Å². The monoisotopic (exact) mass is 431 g/mol. The largest absolute Gasteiger partial charge is 0.496 e. The molecule has 2 aromatic carbocycles. The van der Waals surface area contributed by atoms with Gasteiger partial charge in [-0.15, -0.1) is 0 Å². The lowest BCUT2D eigenvalue weighted by Crippen LogP contribution is -2.74. The molecule has 6 rings (SSSR count). The summed E-state index contributed by atoms with van der Waals surface area (Å²) >= 11 is 0. The molecule has 0 aromatic heterocycles. The Morgan fingerprint density at radius 3 is 2.69 bits per heavy atom. The predicted molar refractivity (Wildman–Crippen MR) is 124 cm³/mol. The lowest BCUT2D eigenvalue weighted by atomic mass is 9.49. The van der Waals surface area contributed by atoms with Crippen LogP contribution < -0.4 is 4.74 Å². The number of nitrogens with zero attached hydrogens (tertiary/aromatic N) is 1. The van der Waals surface area contributed by atoms with Crippen molar-refractivity contribution in [1.82, 2.24) is 4.90 Å². The summed E-state index contributed by atoms with van der Waals surface area (Å²) in [7, 11) is 1.76. The first-order chi connectivity index (χ1) is 15.6. The highest BCUT2D eigenvalue weighted by atomic mass is 16.5. The summed E-state index contributed by atoms with van der Waals surface area (Å²) in [5.41, 5.74) is 3.15. The van der Waals surface area contributed by atoms with Crippen molar-refractivity contribution in [2.45, 2.75) is 68.6 Å². The molecule has 4 aliphatic rings. The fraction of sp³-hybridized carbons (Fsp3) is 0.536. The lowest BCUT2D eigenvalue weighted by molar-refractivity contribution is -0.206. The van der Waals surface area contributed by atoms with Gasteiger partial charge in [0.2, 0.25) is 0 Å². The molecule has 4 nitrogen and oxygen atoms in total. The maximum atomic E-state index is 13.0. The summed E-state index contributed by atoms with van der Waals surface area (Å²) in [5.74, 6) is 2.14. The number of ether oxygens (including phenoxy) is 2. The van der Waals surface area contributed by atoms with Crippen LogP contribution in [0.2, 0.25) is 0 Å². The van der Waals surface area contributed by atoms with E-state index in [1.165, 1.54) is 36.1 Å². The topological polar surface area (TPSA) is 38.8 Å². The average molecular weight is 432 g/mol. The van der Waals surface area contributed by atoms with Gasteiger partial charge in [-0.1, -0.05) is 42.5 Å². The minimum atomic E-state index is -0.356. The van der Waals surface area contributed by atoms with E-state index >= 15 is 0 Å². The normalized spacial score (nSPS) is 31.7. The molecule has 0 radical (unpaired) electrons. The van der Waals surface area contributed by atoms with E-state index < -0.39 is 0 Å². The van der Waals surface area contributed by atoms with Crippen LogP contribution >= 0.6 is 0 Å². The van der Waals surface area contributed by atoms with Gasteiger partial charge in [0.05, 0.1) is 19.3 Å². The zero-order valence-electron chi connectivity index (χ0n) is 19.0. The third-order valence-electron chi connectivity index (χ3n) is 8.64. The van der Waals surface area contributed by atoms with Crippen LogP contribution in [0.15, 0.2) is 48.5 Å². The second-order valence-electron chi connectivity index (χ2n) is 10.4. The number of ketones is 1. The molecule has 0 N–H and O–H groups in total. The highest BCUT2D eigenvalue weighted by Crippen LogP contribution is 2.61. The minimum absolute atomic E-state index is 0.304. The molecular formula is C28H33NO3. The van der Waals surface area contributed by atoms with Gasteiger partial charge in [-0.3, -0.25) is 9.69 Å². The molecule has 168 valence electrons. The molecule has 3 aliphatic carbocycles. The van der Waals surface area contributed by atoms with Gasteiger partial charge in [0.15, 0.2) is 0 Å². The summed E-state index contributed by atoms with van der Waals surface area (Å²) in [5, 5.41) is 0. The summed E-state index contributed by atoms with van der Waals surface area (Å²) in [6.07, 6.45) is 6.65. The van der Waals surface area contributed by atoms with Gasteiger partial charge in [-0.2, -0.15) is 0 Å². The Balaban J connectivity index is 1.49. The van der Waals surface area contributed by atoms with E-state index in [0.717, 1.165) is 37.5 Å². The zero-order chi connectivity index (χ0) is 21.8. The van der Waals surface area contributed by atoms with Crippen LogP contribution in [0.1, 0.15) is 55.2 Å². The van der Waals surface area contributed by atoms with Crippen LogP contribution in [-0.2, 0) is 28.0 Å². The van der Waals surface area contributed by atoms with E-state index in [4.69, 9.17) is 9.47 Å². The van der Waals surface area contributed by atoms with Gasteiger partial charge in [-0.05, 0) is 61.8 Å². The SMILES string of the molecule is COc1cccc2c1[C@]13CCN(CC4CC4)[C@@H](C2)[C@]1(OCc1ccccc1)CCC(=O)C3. The number of methoxy groups -OCH3 is 1. The fourth-order valence-corrected chi connectivity index (χ4v) is 7.04. The molecule has 1 heterocycles. The molecule has 0 unspecified atom stereocenters. The van der Waals surface area contributed by atoms with Crippen molar-refractivity contribution in [2.75, 3.05) is 20.2 Å². The first-order valence-electron chi connectivity index (χ1n) is 12.3. The average Bonchev–Trinajstić information content (AvgIpc) is 3.64. The Hall–Kier alpha value is -2.17. The molecule has 3 fully saturated rings. The van der Waals surface area contributed by atoms with Crippen molar-refractivity contribution in [3.8, 4) is 5.75 Å². The number of Topliss-reactive ketones (excluding diaryl/α,β-unsaturated/α-hetero) is 1. The van der Waals surface area contributed by atoms with E-state index in [1.807, 2.05) is 0 Å². The third kappa shape index (κ3) is 3.07. The Bertz CT molecular complexity index is 1020. The summed E-state index contributed by atoms with van der Waals surface area (Å²) < 4.78 is 13.0. The Kier molecular flexibility index (Phi) is 4.92. The van der Waals surface area contributed by atoms with Crippen molar-refractivity contribution < 1.29 is 14.3 Å². The predicted octanol–water partition coefficient (Wildman–Crippen LogP) is 4.68. The highest BCUT2D eigenvalue weighted by molar-refractivity contribution is 5.83. The lowest BCUT2D eigenvalue weighted by Gasteiger charge is -2.65. The minimum Gasteiger partial charge on any atom is -0.496 e. The van der Waals surface area contributed by atoms with Crippen molar-refractivity contribution in [1.29, 1.82) is 0 Å². The Labute approximate surface area is 190 Å². The van der Waals surface area contributed by atoms with E-state index in [2.05, 4.69) is 53.4 Å². The van der Waals surface area contributed by atoms with Crippen LogP contribution in [0.3, 0.4) is 0 Å². The number of rotatable bonds is 6. The zero-order valence-corrected chi connectivity index (χ0v) is 19.0. The molecule has 1 saturated heterocycles. The highest BCUT2D eigenvalue weighted by Gasteiger charge is 2.67. The van der Waals surface area contributed by atoms with Crippen LogP contribution in [0, 0.1) is 5.92 Å². The molecule has 2 saturated carbocycles. The van der Waals surface area contributed by atoms with Gasteiger partial charge in [0, 0.05) is 36.4 Å². The first-order valence-corrected chi connectivity index (χ1v) is 12.3. The van der Waals surface area contributed by atoms with Crippen LogP contribution in [-0.4, -0.2) is 42.5 Å². The summed E-state index contributed by atoms with van der Waals surface area (Å²) in [4.78, 5) is 15.7. The Morgan fingerprint density at radius 2 is 1.91 bits per heavy atom. The van der Waals surface area contributed by atoms with Crippen molar-refractivity contribution in [3.63, 3.8) is 0 Å². The molecule has 0 spiro atoms. The number of piperidine rings is 1. The van der Waals surface area contributed by atoms with Gasteiger partial charge in [0.25, 0.3) is 0 Å². The molecule has 3 atom stereocenters. The molecule has 2 aromatic rings. The van der Waals surface area contributed by atoms with E-state index in [1.54, 1.807) is 7.11 Å². The molecule has 32 heavy (non-hydrogen) atoms. The van der Waals surface area contributed by atoms with Crippen LogP contribution in [0.4, 0.5) is 0 Å². The smallest absolute Gasteiger partial charge is 0.134 e. The molecule has 2 bridgehead atoms. The van der Waals surface area contributed by atoms with Crippen molar-refractivity contribution >= 4 is 5.78 Å². The van der Waals surface area contributed by atoms with Gasteiger partial charge in [-0.25, -0.2) is 0 Å². The number of likely N-dealkylation sites (tertiary alicyclic amines) is 1. The maximum absolute atomic E-state index is 13.0. The standard InChI is InChI=1S/C28H33NO3/c1-31-24-9-5-8-22-16-25-28(32-19-21-6-3-2-4-7-21)13-12-23(30)17-27(28,26(22)24)14-15-29(25)18-20-10-11-20/h2-9,20,25H,10-19H2,1H3/t25-,27+,28+/m0/s1. The number of hydrogen-bond donors (Lipinski definition) is 0. The van der Waals surface area contributed by atoms with Crippen LogP contribution in [0.5, 0.6) is 5.75 Å². The fourth-order valence-electron chi connectivity index (χ4n) is 7.04. The number of benzene rings is 2. The second-order valence-corrected chi connectivity index (χ2v) is 10.4. The van der Waals surface area contributed by atoms with E-state index in [9.17, 15) is 4.79 Å². The van der Waals surface area contributed by atoms with E-state index in [0.29, 0.717) is 31.3 Å². The van der Waals surface area contributed by atoms with Gasteiger partial charge in [0.1, 0.15) is 11.5 Å². The quantitative estimate of drug-likeness (QED) is 0.666. The Morgan fingerprint density at radius 1 is 1.06 bits per heavy atom. The van der Waals surface area contributed by atoms with Gasteiger partial charge >= 0.3 is 0 Å².